The molecule has 0 bridgehead atoms. The van der Waals surface area contributed by atoms with Crippen molar-refractivity contribution >= 4 is 43.2 Å². The van der Waals surface area contributed by atoms with Gasteiger partial charge in [-0.05, 0) is 55.5 Å². The number of para-hydroxylation sites is 2. The summed E-state index contributed by atoms with van der Waals surface area (Å²) in [4.78, 5) is 17.9. The van der Waals surface area contributed by atoms with Crippen LogP contribution in [0.5, 0.6) is 5.75 Å². The number of sulfonamides is 1. The molecule has 0 aliphatic rings. The second-order valence-corrected chi connectivity index (χ2v) is 10.4. The number of hydrogen-bond acceptors (Lipinski definition) is 5. The normalized spacial score (nSPS) is 12.0. The number of nitrogens with zero attached hydrogens (tertiary/aromatic N) is 3. The van der Waals surface area contributed by atoms with Crippen LogP contribution in [0.3, 0.4) is 0 Å². The van der Waals surface area contributed by atoms with Crippen molar-refractivity contribution in [2.45, 2.75) is 18.4 Å². The first-order valence-corrected chi connectivity index (χ1v) is 13.2. The highest BCUT2D eigenvalue weighted by atomic mass is 32.2. The maximum absolute atomic E-state index is 13.2. The summed E-state index contributed by atoms with van der Waals surface area (Å²) in [6.07, 6.45) is 1.73. The van der Waals surface area contributed by atoms with Crippen LogP contribution in [0.4, 0.5) is 5.69 Å². The fourth-order valence-corrected chi connectivity index (χ4v) is 6.31. The van der Waals surface area contributed by atoms with Gasteiger partial charge in [0.25, 0.3) is 15.9 Å². The third-order valence-electron chi connectivity index (χ3n) is 5.41. The van der Waals surface area contributed by atoms with Crippen LogP contribution in [0.15, 0.2) is 95.3 Å². The Balaban J connectivity index is 1.69. The molecule has 0 spiro atoms. The summed E-state index contributed by atoms with van der Waals surface area (Å²) in [5.74, 6) is 0.218. The first kappa shape index (κ1) is 24.4. The topological polar surface area (TPSA) is 81.0 Å². The van der Waals surface area contributed by atoms with Gasteiger partial charge < -0.3 is 9.30 Å². The molecule has 1 heterocycles. The summed E-state index contributed by atoms with van der Waals surface area (Å²) < 4.78 is 36.0. The molecule has 0 unspecified atom stereocenters. The van der Waals surface area contributed by atoms with Gasteiger partial charge in [0.05, 0.1) is 22.4 Å². The monoisotopic (exact) mass is 507 g/mol. The maximum Gasteiger partial charge on any atom is 0.279 e. The Morgan fingerprint density at radius 1 is 1.09 bits per heavy atom. The minimum absolute atomic E-state index is 0.105. The van der Waals surface area contributed by atoms with Crippen molar-refractivity contribution in [2.24, 2.45) is 4.99 Å². The highest BCUT2D eigenvalue weighted by molar-refractivity contribution is 7.92. The van der Waals surface area contributed by atoms with Crippen LogP contribution < -0.4 is 13.8 Å². The first-order valence-electron chi connectivity index (χ1n) is 10.9. The van der Waals surface area contributed by atoms with Crippen molar-refractivity contribution in [3.8, 4) is 5.75 Å². The van der Waals surface area contributed by atoms with Crippen molar-refractivity contribution in [3.63, 3.8) is 0 Å². The minimum Gasteiger partial charge on any atom is -0.495 e. The Bertz CT molecular complexity index is 1540. The van der Waals surface area contributed by atoms with Crippen molar-refractivity contribution in [3.05, 3.63) is 95.8 Å². The third kappa shape index (κ3) is 4.78. The molecule has 4 rings (SSSR count). The van der Waals surface area contributed by atoms with E-state index < -0.39 is 15.9 Å². The van der Waals surface area contributed by atoms with Crippen molar-refractivity contribution < 1.29 is 17.9 Å². The Labute approximate surface area is 208 Å². The first-order chi connectivity index (χ1) is 16.9. The number of methoxy groups -OCH3 is 1. The van der Waals surface area contributed by atoms with Crippen LogP contribution in [0.2, 0.25) is 0 Å². The van der Waals surface area contributed by atoms with Gasteiger partial charge in [-0.2, -0.15) is 4.99 Å². The lowest BCUT2D eigenvalue weighted by molar-refractivity contribution is 0.0997. The Hall–Kier alpha value is -3.69. The Morgan fingerprint density at radius 2 is 1.80 bits per heavy atom. The molecule has 0 saturated carbocycles. The molecule has 0 radical (unpaired) electrons. The lowest BCUT2D eigenvalue weighted by Crippen LogP contribution is -2.30. The largest absolute Gasteiger partial charge is 0.495 e. The van der Waals surface area contributed by atoms with Gasteiger partial charge in [-0.3, -0.25) is 9.10 Å². The number of fused-ring (bicyclic) bond motifs is 1. The number of hydrogen-bond donors (Lipinski definition) is 0. The standard InChI is InChI=1S/C26H25N3O4S2/c1-4-18-28-24-22(33-3)12-9-13-23(24)34-26(28)27-25(30)19-14-16-21(17-15-19)35(31,32)29(5-2)20-10-7-6-8-11-20/h4,6-17H,1,5,18H2,2-3H3. The molecule has 3 aromatic carbocycles. The molecule has 0 aliphatic carbocycles. The quantitative estimate of drug-likeness (QED) is 0.319. The molecule has 4 aromatic rings. The molecule has 35 heavy (non-hydrogen) atoms. The Kier molecular flexibility index (Phi) is 7.18. The van der Waals surface area contributed by atoms with Crippen LogP contribution in [-0.2, 0) is 16.6 Å². The summed E-state index contributed by atoms with van der Waals surface area (Å²) >= 11 is 1.37. The minimum atomic E-state index is -3.78. The number of rotatable bonds is 8. The van der Waals surface area contributed by atoms with E-state index in [-0.39, 0.29) is 11.4 Å². The van der Waals surface area contributed by atoms with Gasteiger partial charge in [-0.1, -0.05) is 41.7 Å². The molecule has 180 valence electrons. The lowest BCUT2D eigenvalue weighted by Gasteiger charge is -2.22. The van der Waals surface area contributed by atoms with E-state index in [1.165, 1.54) is 39.9 Å². The van der Waals surface area contributed by atoms with Gasteiger partial charge in [0.2, 0.25) is 0 Å². The number of ether oxygens (including phenoxy) is 1. The van der Waals surface area contributed by atoms with Crippen molar-refractivity contribution in [2.75, 3.05) is 18.0 Å². The predicted octanol–water partition coefficient (Wildman–Crippen LogP) is 4.85. The van der Waals surface area contributed by atoms with Crippen LogP contribution in [0.1, 0.15) is 17.3 Å². The van der Waals surface area contributed by atoms with E-state index in [2.05, 4.69) is 11.6 Å². The molecule has 0 N–H and O–H groups in total. The lowest BCUT2D eigenvalue weighted by atomic mass is 10.2. The molecule has 1 amide bonds. The number of aromatic nitrogens is 1. The van der Waals surface area contributed by atoms with Gasteiger partial charge in [-0.15, -0.1) is 6.58 Å². The summed E-state index contributed by atoms with van der Waals surface area (Å²) in [6.45, 7) is 6.32. The fourth-order valence-electron chi connectivity index (χ4n) is 3.78. The van der Waals surface area contributed by atoms with E-state index in [9.17, 15) is 13.2 Å². The van der Waals surface area contributed by atoms with Crippen molar-refractivity contribution in [1.82, 2.24) is 4.57 Å². The molecule has 0 atom stereocenters. The van der Waals surface area contributed by atoms with E-state index in [0.717, 1.165) is 10.2 Å². The molecule has 0 aliphatic heterocycles. The zero-order chi connectivity index (χ0) is 25.0. The molecule has 0 fully saturated rings. The fraction of sp³-hybridized carbons (Fsp3) is 0.154. The van der Waals surface area contributed by atoms with Crippen LogP contribution in [-0.4, -0.2) is 32.5 Å². The average molecular weight is 508 g/mol. The number of amides is 1. The smallest absolute Gasteiger partial charge is 0.279 e. The highest BCUT2D eigenvalue weighted by Crippen LogP contribution is 2.27. The average Bonchev–Trinajstić information content (AvgIpc) is 3.22. The van der Waals surface area contributed by atoms with Crippen LogP contribution in [0, 0.1) is 0 Å². The summed E-state index contributed by atoms with van der Waals surface area (Å²) in [6, 6.07) is 20.4. The number of anilines is 1. The van der Waals surface area contributed by atoms with Gasteiger partial charge in [0, 0.05) is 18.7 Å². The number of allylic oxidation sites excluding steroid dienone is 1. The zero-order valence-corrected chi connectivity index (χ0v) is 21.1. The number of thiazole rings is 1. The van der Waals surface area contributed by atoms with Crippen molar-refractivity contribution in [1.29, 1.82) is 0 Å². The molecular weight excluding hydrogens is 482 g/mol. The molecule has 1 aromatic heterocycles. The second-order valence-electron chi connectivity index (χ2n) is 7.54. The molecular formula is C26H25N3O4S2. The van der Waals surface area contributed by atoms with E-state index in [1.807, 2.05) is 28.8 Å². The van der Waals surface area contributed by atoms with E-state index in [1.54, 1.807) is 44.4 Å². The maximum atomic E-state index is 13.2. The van der Waals surface area contributed by atoms with Crippen LogP contribution in [0.25, 0.3) is 10.2 Å². The van der Waals surface area contributed by atoms with Crippen LogP contribution >= 0.6 is 11.3 Å². The second kappa shape index (κ2) is 10.3. The summed E-state index contributed by atoms with van der Waals surface area (Å²) in [5, 5.41) is 0. The summed E-state index contributed by atoms with van der Waals surface area (Å²) in [5.41, 5.74) is 1.71. The molecule has 0 saturated heterocycles. The van der Waals surface area contributed by atoms with Gasteiger partial charge in [0.1, 0.15) is 11.3 Å². The Morgan fingerprint density at radius 3 is 2.43 bits per heavy atom. The molecule has 7 nitrogen and oxygen atoms in total. The molecule has 9 heteroatoms. The van der Waals surface area contributed by atoms with E-state index in [0.29, 0.717) is 28.3 Å². The van der Waals surface area contributed by atoms with E-state index in [4.69, 9.17) is 4.74 Å². The SMILES string of the molecule is C=CCn1c(=NC(=O)c2ccc(S(=O)(=O)N(CC)c3ccccc3)cc2)sc2cccc(OC)c21. The predicted molar refractivity (Wildman–Crippen MR) is 140 cm³/mol. The number of benzene rings is 3. The van der Waals surface area contributed by atoms with Gasteiger partial charge in [0.15, 0.2) is 4.80 Å². The summed E-state index contributed by atoms with van der Waals surface area (Å²) in [7, 11) is -2.18. The van der Waals surface area contributed by atoms with Gasteiger partial charge in [-0.25, -0.2) is 8.42 Å². The highest BCUT2D eigenvalue weighted by Gasteiger charge is 2.23. The third-order valence-corrected chi connectivity index (χ3v) is 8.37. The number of carbonyl (C=O) groups excluding carboxylic acids is 1. The number of carbonyl (C=O) groups is 1. The van der Waals surface area contributed by atoms with Gasteiger partial charge >= 0.3 is 0 Å². The zero-order valence-electron chi connectivity index (χ0n) is 19.4. The van der Waals surface area contributed by atoms with E-state index >= 15 is 0 Å².